The minimum absolute atomic E-state index is 0.0518. The molecule has 0 aliphatic heterocycles. The van der Waals surface area contributed by atoms with Crippen LogP contribution in [-0.4, -0.2) is 25.7 Å². The lowest BCUT2D eigenvalue weighted by Crippen LogP contribution is -2.20. The molecule has 0 radical (unpaired) electrons. The maximum atomic E-state index is 11.8. The van der Waals surface area contributed by atoms with Crippen molar-refractivity contribution in [2.24, 2.45) is 0 Å². The van der Waals surface area contributed by atoms with Crippen LogP contribution in [0.15, 0.2) is 30.5 Å². The number of nitrogens with zero attached hydrogens (tertiary/aromatic N) is 3. The number of para-hydroxylation sites is 2. The molecular formula is C12H12N4O4. The van der Waals surface area contributed by atoms with Crippen LogP contribution in [0.4, 0.5) is 11.4 Å². The van der Waals surface area contributed by atoms with Crippen LogP contribution in [0.3, 0.4) is 0 Å². The number of benzene rings is 1. The number of carbonyl (C=O) groups excluding carboxylic acids is 1. The summed E-state index contributed by atoms with van der Waals surface area (Å²) in [6, 6.07) is 6.29. The van der Waals surface area contributed by atoms with Gasteiger partial charge in [-0.25, -0.2) is 0 Å². The highest BCUT2D eigenvalue weighted by molar-refractivity contribution is 5.92. The van der Waals surface area contributed by atoms with Gasteiger partial charge in [-0.05, 0) is 19.1 Å². The molecule has 0 unspecified atom stereocenters. The van der Waals surface area contributed by atoms with Crippen LogP contribution in [0.5, 0.6) is 5.75 Å². The van der Waals surface area contributed by atoms with E-state index >= 15 is 0 Å². The number of nitrogens with one attached hydrogen (secondary N) is 1. The van der Waals surface area contributed by atoms with Gasteiger partial charge >= 0.3 is 5.69 Å². The van der Waals surface area contributed by atoms with Crippen LogP contribution in [-0.2, 0) is 11.3 Å². The van der Waals surface area contributed by atoms with E-state index in [0.29, 0.717) is 5.69 Å². The lowest BCUT2D eigenvalue weighted by atomic mass is 10.3. The number of hydrogen-bond donors (Lipinski definition) is 2. The normalized spacial score (nSPS) is 10.2. The summed E-state index contributed by atoms with van der Waals surface area (Å²) < 4.78 is 1.23. The minimum Gasteiger partial charge on any atom is -0.506 e. The first-order valence-electron chi connectivity index (χ1n) is 5.73. The van der Waals surface area contributed by atoms with Crippen LogP contribution in [0.2, 0.25) is 0 Å². The van der Waals surface area contributed by atoms with Gasteiger partial charge in [0, 0.05) is 0 Å². The number of nitro groups is 1. The van der Waals surface area contributed by atoms with Crippen molar-refractivity contribution >= 4 is 17.3 Å². The van der Waals surface area contributed by atoms with Gasteiger partial charge in [0.25, 0.3) is 0 Å². The zero-order valence-corrected chi connectivity index (χ0v) is 10.6. The summed E-state index contributed by atoms with van der Waals surface area (Å²) in [5.74, 6) is -0.489. The van der Waals surface area contributed by atoms with E-state index in [2.05, 4.69) is 10.4 Å². The summed E-state index contributed by atoms with van der Waals surface area (Å²) in [5, 5.41) is 26.5. The van der Waals surface area contributed by atoms with Crippen LogP contribution in [0.1, 0.15) is 5.69 Å². The number of aromatic hydroxyl groups is 1. The molecule has 1 aromatic carbocycles. The quantitative estimate of drug-likeness (QED) is 0.498. The highest BCUT2D eigenvalue weighted by Gasteiger charge is 2.18. The highest BCUT2D eigenvalue weighted by Crippen LogP contribution is 2.21. The second-order valence-electron chi connectivity index (χ2n) is 4.10. The molecular weight excluding hydrogens is 264 g/mol. The van der Waals surface area contributed by atoms with Crippen molar-refractivity contribution in [1.82, 2.24) is 9.78 Å². The smallest absolute Gasteiger partial charge is 0.309 e. The molecule has 1 heterocycles. The first-order valence-corrected chi connectivity index (χ1v) is 5.73. The van der Waals surface area contributed by atoms with Crippen molar-refractivity contribution in [2.45, 2.75) is 13.5 Å². The van der Waals surface area contributed by atoms with E-state index in [0.717, 1.165) is 6.20 Å². The maximum Gasteiger partial charge on any atom is 0.309 e. The molecule has 0 spiro atoms. The Labute approximate surface area is 113 Å². The summed E-state index contributed by atoms with van der Waals surface area (Å²) in [6.45, 7) is 1.34. The molecule has 2 N–H and O–H groups in total. The van der Waals surface area contributed by atoms with Gasteiger partial charge < -0.3 is 10.4 Å². The number of carbonyl (C=O) groups is 1. The van der Waals surface area contributed by atoms with Crippen molar-refractivity contribution in [1.29, 1.82) is 0 Å². The molecule has 2 rings (SSSR count). The number of phenolic OH excluding ortho intramolecular Hbond substituents is 1. The van der Waals surface area contributed by atoms with Crippen LogP contribution < -0.4 is 5.32 Å². The number of amides is 1. The Balaban J connectivity index is 2.09. The molecule has 1 amide bonds. The topological polar surface area (TPSA) is 110 Å². The van der Waals surface area contributed by atoms with E-state index < -0.39 is 10.8 Å². The van der Waals surface area contributed by atoms with Gasteiger partial charge in [-0.15, -0.1) is 0 Å². The molecule has 8 nitrogen and oxygen atoms in total. The second-order valence-corrected chi connectivity index (χ2v) is 4.10. The fourth-order valence-electron chi connectivity index (χ4n) is 1.68. The number of hydrogen-bond acceptors (Lipinski definition) is 5. The molecule has 0 aliphatic carbocycles. The third kappa shape index (κ3) is 2.74. The zero-order valence-electron chi connectivity index (χ0n) is 10.6. The van der Waals surface area contributed by atoms with Gasteiger partial charge in [0.05, 0.1) is 10.6 Å². The molecule has 2 aromatic rings. The Kier molecular flexibility index (Phi) is 3.65. The monoisotopic (exact) mass is 276 g/mol. The third-order valence-corrected chi connectivity index (χ3v) is 2.75. The van der Waals surface area contributed by atoms with E-state index in [1.54, 1.807) is 18.2 Å². The molecule has 0 saturated heterocycles. The Hall–Kier alpha value is -2.90. The average Bonchev–Trinajstić information content (AvgIpc) is 2.74. The van der Waals surface area contributed by atoms with Gasteiger partial charge in [-0.3, -0.25) is 19.6 Å². The lowest BCUT2D eigenvalue weighted by molar-refractivity contribution is -0.385. The molecule has 1 aromatic heterocycles. The summed E-state index contributed by atoms with van der Waals surface area (Å²) in [6.07, 6.45) is 1.10. The fraction of sp³-hybridized carbons (Fsp3) is 0.167. The summed E-state index contributed by atoms with van der Waals surface area (Å²) in [4.78, 5) is 21.9. The first kappa shape index (κ1) is 13.5. The average molecular weight is 276 g/mol. The summed E-state index contributed by atoms with van der Waals surface area (Å²) >= 11 is 0. The summed E-state index contributed by atoms with van der Waals surface area (Å²) in [7, 11) is 0. The predicted molar refractivity (Wildman–Crippen MR) is 70.4 cm³/mol. The van der Waals surface area contributed by atoms with Gasteiger partial charge in [0.1, 0.15) is 24.2 Å². The first-order chi connectivity index (χ1) is 9.49. The van der Waals surface area contributed by atoms with Crippen molar-refractivity contribution < 1.29 is 14.8 Å². The Morgan fingerprint density at radius 1 is 1.50 bits per heavy atom. The maximum absolute atomic E-state index is 11.8. The standard InChI is InChI=1S/C12H12N4O4/c1-8-10(16(19)20)6-13-15(8)7-12(18)14-9-4-2-3-5-11(9)17/h2-6,17H,7H2,1H3,(H,14,18). The van der Waals surface area contributed by atoms with Crippen molar-refractivity contribution in [2.75, 3.05) is 5.32 Å². The highest BCUT2D eigenvalue weighted by atomic mass is 16.6. The number of rotatable bonds is 4. The largest absolute Gasteiger partial charge is 0.506 e. The van der Waals surface area contributed by atoms with Crippen LogP contribution in [0.25, 0.3) is 0 Å². The third-order valence-electron chi connectivity index (χ3n) is 2.75. The molecule has 104 valence electrons. The van der Waals surface area contributed by atoms with Gasteiger partial charge in [-0.2, -0.15) is 5.10 Å². The SMILES string of the molecule is Cc1c([N+](=O)[O-])cnn1CC(=O)Nc1ccccc1O. The van der Waals surface area contributed by atoms with E-state index in [4.69, 9.17) is 0 Å². The zero-order chi connectivity index (χ0) is 14.7. The fourth-order valence-corrected chi connectivity index (χ4v) is 1.68. The van der Waals surface area contributed by atoms with E-state index in [1.165, 1.54) is 17.7 Å². The molecule has 0 saturated carbocycles. The molecule has 20 heavy (non-hydrogen) atoms. The van der Waals surface area contributed by atoms with Gasteiger partial charge in [0.15, 0.2) is 0 Å². The van der Waals surface area contributed by atoms with Crippen LogP contribution >= 0.6 is 0 Å². The molecule has 0 bridgehead atoms. The Bertz CT molecular complexity index is 665. The molecule has 8 heteroatoms. The molecule has 0 atom stereocenters. The van der Waals surface area contributed by atoms with Crippen molar-refractivity contribution in [3.63, 3.8) is 0 Å². The minimum atomic E-state index is -0.556. The summed E-state index contributed by atoms with van der Waals surface area (Å²) in [5.41, 5.74) is 0.430. The Morgan fingerprint density at radius 2 is 2.20 bits per heavy atom. The Morgan fingerprint density at radius 3 is 2.80 bits per heavy atom. The van der Waals surface area contributed by atoms with E-state index in [9.17, 15) is 20.0 Å². The van der Waals surface area contributed by atoms with Gasteiger partial charge in [0.2, 0.25) is 5.91 Å². The van der Waals surface area contributed by atoms with E-state index in [-0.39, 0.29) is 23.7 Å². The second kappa shape index (κ2) is 5.39. The van der Waals surface area contributed by atoms with E-state index in [1.807, 2.05) is 0 Å². The number of phenols is 1. The van der Waals surface area contributed by atoms with Crippen LogP contribution in [0, 0.1) is 17.0 Å². The lowest BCUT2D eigenvalue weighted by Gasteiger charge is -2.07. The molecule has 0 fully saturated rings. The molecule has 0 aliphatic rings. The van der Waals surface area contributed by atoms with Gasteiger partial charge in [-0.1, -0.05) is 12.1 Å². The van der Waals surface area contributed by atoms with Crippen molar-refractivity contribution in [3.05, 3.63) is 46.3 Å². The predicted octanol–water partition coefficient (Wildman–Crippen LogP) is 1.44. The number of aromatic nitrogens is 2. The number of anilines is 1. The van der Waals surface area contributed by atoms with Crippen molar-refractivity contribution in [3.8, 4) is 5.75 Å².